The quantitative estimate of drug-likeness (QED) is 0.890. The van der Waals surface area contributed by atoms with Gasteiger partial charge in [0.1, 0.15) is 10.9 Å². The first-order valence-corrected chi connectivity index (χ1v) is 7.30. The molecule has 1 heterocycles. The predicted octanol–water partition coefficient (Wildman–Crippen LogP) is 3.17. The van der Waals surface area contributed by atoms with Gasteiger partial charge in [-0.1, -0.05) is 26.7 Å². The first-order valence-electron chi connectivity index (χ1n) is 6.42. The molecular weight excluding hydrogens is 244 g/mol. The second-order valence-corrected chi connectivity index (χ2v) is 6.04. The fourth-order valence-corrected chi connectivity index (χ4v) is 3.34. The van der Waals surface area contributed by atoms with E-state index in [0.29, 0.717) is 22.3 Å². The topological polar surface area (TPSA) is 52.9 Å². The van der Waals surface area contributed by atoms with Gasteiger partial charge >= 0.3 is 0 Å². The number of amides is 1. The Morgan fingerprint density at radius 1 is 1.50 bits per heavy atom. The molecule has 1 aliphatic carbocycles. The van der Waals surface area contributed by atoms with Crippen LogP contribution in [0, 0.1) is 23.2 Å². The summed E-state index contributed by atoms with van der Waals surface area (Å²) in [5, 5.41) is 13.8. The average molecular weight is 262 g/mol. The van der Waals surface area contributed by atoms with Crippen molar-refractivity contribution in [1.29, 1.82) is 5.26 Å². The molecule has 18 heavy (non-hydrogen) atoms. The lowest BCUT2D eigenvalue weighted by molar-refractivity contribution is 0.0895. The lowest BCUT2D eigenvalue weighted by Gasteiger charge is -2.34. The third-order valence-electron chi connectivity index (χ3n) is 4.02. The zero-order valence-electron chi connectivity index (χ0n) is 10.8. The van der Waals surface area contributed by atoms with Crippen molar-refractivity contribution in [2.45, 2.75) is 39.2 Å². The van der Waals surface area contributed by atoms with Crippen molar-refractivity contribution in [3.63, 3.8) is 0 Å². The first kappa shape index (κ1) is 13.1. The molecular formula is C14H18N2OS. The summed E-state index contributed by atoms with van der Waals surface area (Å²) in [5.41, 5.74) is 0.481. The molecule has 0 spiro atoms. The molecule has 4 heteroatoms. The van der Waals surface area contributed by atoms with Crippen LogP contribution in [-0.2, 0) is 0 Å². The molecule has 2 rings (SSSR count). The zero-order chi connectivity index (χ0) is 13.1. The lowest BCUT2D eigenvalue weighted by Crippen LogP contribution is -2.43. The molecule has 3 nitrogen and oxygen atoms in total. The largest absolute Gasteiger partial charge is 0.348 e. The molecule has 1 saturated carbocycles. The van der Waals surface area contributed by atoms with Gasteiger partial charge in [0.2, 0.25) is 0 Å². The van der Waals surface area contributed by atoms with Crippen molar-refractivity contribution in [3.8, 4) is 6.07 Å². The van der Waals surface area contributed by atoms with Crippen molar-refractivity contribution < 1.29 is 4.79 Å². The second kappa shape index (κ2) is 5.53. The van der Waals surface area contributed by atoms with E-state index in [-0.39, 0.29) is 11.9 Å². The van der Waals surface area contributed by atoms with E-state index in [1.165, 1.54) is 24.2 Å². The number of nitrogens with one attached hydrogen (secondary N) is 1. The first-order chi connectivity index (χ1) is 8.63. The van der Waals surface area contributed by atoms with E-state index >= 15 is 0 Å². The Hall–Kier alpha value is -1.34. The summed E-state index contributed by atoms with van der Waals surface area (Å²) in [4.78, 5) is 12.7. The second-order valence-electron chi connectivity index (χ2n) is 5.12. The zero-order valence-corrected chi connectivity index (χ0v) is 11.6. The van der Waals surface area contributed by atoms with Crippen LogP contribution in [0.3, 0.4) is 0 Å². The van der Waals surface area contributed by atoms with Gasteiger partial charge in [-0.3, -0.25) is 4.79 Å². The maximum absolute atomic E-state index is 12.2. The molecule has 0 saturated heterocycles. The van der Waals surface area contributed by atoms with Crippen LogP contribution in [0.1, 0.15) is 48.3 Å². The molecule has 1 aromatic heterocycles. The summed E-state index contributed by atoms with van der Waals surface area (Å²) in [6, 6.07) is 4.01. The van der Waals surface area contributed by atoms with Crippen LogP contribution in [0.4, 0.5) is 0 Å². The summed E-state index contributed by atoms with van der Waals surface area (Å²) in [5.74, 6) is 1.07. The SMILES string of the molecule is CC1CCCC(NC(=O)c2sccc2C#N)C1C. The molecule has 3 atom stereocenters. The number of hydrogen-bond donors (Lipinski definition) is 1. The van der Waals surface area contributed by atoms with Crippen LogP contribution in [0.2, 0.25) is 0 Å². The van der Waals surface area contributed by atoms with E-state index in [0.717, 1.165) is 6.42 Å². The number of nitrogens with zero attached hydrogens (tertiary/aromatic N) is 1. The number of rotatable bonds is 2. The van der Waals surface area contributed by atoms with Gasteiger partial charge in [-0.15, -0.1) is 11.3 Å². The molecule has 0 aliphatic heterocycles. The molecule has 1 aliphatic rings. The van der Waals surface area contributed by atoms with Crippen molar-refractivity contribution in [3.05, 3.63) is 21.9 Å². The molecule has 3 unspecified atom stereocenters. The number of thiophene rings is 1. The van der Waals surface area contributed by atoms with Crippen molar-refractivity contribution >= 4 is 17.2 Å². The number of hydrogen-bond acceptors (Lipinski definition) is 3. The highest BCUT2D eigenvalue weighted by atomic mass is 32.1. The minimum absolute atomic E-state index is 0.0903. The summed E-state index contributed by atoms with van der Waals surface area (Å²) in [7, 11) is 0. The summed E-state index contributed by atoms with van der Waals surface area (Å²) in [6.45, 7) is 4.45. The third-order valence-corrected chi connectivity index (χ3v) is 4.93. The van der Waals surface area contributed by atoms with E-state index in [4.69, 9.17) is 5.26 Å². The molecule has 0 radical (unpaired) electrons. The van der Waals surface area contributed by atoms with E-state index in [2.05, 4.69) is 25.2 Å². The molecule has 0 aromatic carbocycles. The molecule has 1 fully saturated rings. The minimum Gasteiger partial charge on any atom is -0.348 e. The third kappa shape index (κ3) is 2.56. The fraction of sp³-hybridized carbons (Fsp3) is 0.571. The van der Waals surface area contributed by atoms with Gasteiger partial charge in [0.15, 0.2) is 0 Å². The van der Waals surface area contributed by atoms with Crippen LogP contribution in [-0.4, -0.2) is 11.9 Å². The number of carbonyl (C=O) groups excluding carboxylic acids is 1. The van der Waals surface area contributed by atoms with Gasteiger partial charge in [-0.2, -0.15) is 5.26 Å². The number of nitriles is 1. The van der Waals surface area contributed by atoms with Crippen LogP contribution >= 0.6 is 11.3 Å². The Labute approximate surface area is 112 Å². The monoisotopic (exact) mass is 262 g/mol. The normalized spacial score (nSPS) is 27.5. The van der Waals surface area contributed by atoms with Crippen LogP contribution in [0.25, 0.3) is 0 Å². The smallest absolute Gasteiger partial charge is 0.262 e. The van der Waals surface area contributed by atoms with E-state index in [1.807, 2.05) is 0 Å². The van der Waals surface area contributed by atoms with E-state index < -0.39 is 0 Å². The lowest BCUT2D eigenvalue weighted by atomic mass is 9.78. The van der Waals surface area contributed by atoms with Gasteiger partial charge in [0.25, 0.3) is 5.91 Å². The minimum atomic E-state index is -0.0903. The molecule has 1 amide bonds. The maximum atomic E-state index is 12.2. The summed E-state index contributed by atoms with van der Waals surface area (Å²) < 4.78 is 0. The summed E-state index contributed by atoms with van der Waals surface area (Å²) in [6.07, 6.45) is 3.46. The Balaban J connectivity index is 2.06. The Morgan fingerprint density at radius 2 is 2.28 bits per heavy atom. The Kier molecular flexibility index (Phi) is 4.03. The van der Waals surface area contributed by atoms with Gasteiger partial charge in [-0.05, 0) is 29.7 Å². The highest BCUT2D eigenvalue weighted by Crippen LogP contribution is 2.30. The predicted molar refractivity (Wildman–Crippen MR) is 72.5 cm³/mol. The van der Waals surface area contributed by atoms with Crippen molar-refractivity contribution in [2.24, 2.45) is 11.8 Å². The van der Waals surface area contributed by atoms with Crippen molar-refractivity contribution in [1.82, 2.24) is 5.32 Å². The fourth-order valence-electron chi connectivity index (χ4n) is 2.59. The molecule has 96 valence electrons. The highest BCUT2D eigenvalue weighted by Gasteiger charge is 2.29. The van der Waals surface area contributed by atoms with Crippen LogP contribution < -0.4 is 5.32 Å². The molecule has 0 bridgehead atoms. The maximum Gasteiger partial charge on any atom is 0.262 e. The van der Waals surface area contributed by atoms with E-state index in [1.54, 1.807) is 11.4 Å². The summed E-state index contributed by atoms with van der Waals surface area (Å²) >= 11 is 1.34. The Morgan fingerprint density at radius 3 is 3.00 bits per heavy atom. The van der Waals surface area contributed by atoms with Crippen molar-refractivity contribution in [2.75, 3.05) is 0 Å². The Bertz CT molecular complexity index is 474. The van der Waals surface area contributed by atoms with E-state index in [9.17, 15) is 4.79 Å². The molecule has 1 aromatic rings. The van der Waals surface area contributed by atoms with Gasteiger partial charge in [0, 0.05) is 6.04 Å². The number of carbonyl (C=O) groups is 1. The van der Waals surface area contributed by atoms with Gasteiger partial charge in [0.05, 0.1) is 5.56 Å². The average Bonchev–Trinajstić information content (AvgIpc) is 2.83. The molecule has 1 N–H and O–H groups in total. The van der Waals surface area contributed by atoms with Crippen LogP contribution in [0.5, 0.6) is 0 Å². The van der Waals surface area contributed by atoms with Gasteiger partial charge < -0.3 is 5.32 Å². The highest BCUT2D eigenvalue weighted by molar-refractivity contribution is 7.12. The van der Waals surface area contributed by atoms with Crippen LogP contribution in [0.15, 0.2) is 11.4 Å². The van der Waals surface area contributed by atoms with Gasteiger partial charge in [-0.25, -0.2) is 0 Å². The standard InChI is InChI=1S/C14H18N2OS/c1-9-4-3-5-12(10(9)2)16-14(17)13-11(8-15)6-7-18-13/h6-7,9-10,12H,3-5H2,1-2H3,(H,16,17).